The molecule has 0 aromatic rings. The first-order valence-electron chi connectivity index (χ1n) is 6.13. The molecule has 0 rings (SSSR count). The Balaban J connectivity index is 4.26. The number of unbranched alkanes of at least 4 members (excludes halogenated alkanes) is 1. The van der Waals surface area contributed by atoms with E-state index in [2.05, 4.69) is 34.6 Å². The molecule has 13 heavy (non-hydrogen) atoms. The van der Waals surface area contributed by atoms with E-state index in [1.54, 1.807) is 0 Å². The fourth-order valence-electron chi connectivity index (χ4n) is 2.49. The lowest BCUT2D eigenvalue weighted by atomic mass is 9.68. The second-order valence-corrected chi connectivity index (χ2v) is 4.72. The van der Waals surface area contributed by atoms with Crippen LogP contribution in [0.1, 0.15) is 73.1 Å². The smallest absolute Gasteiger partial charge is 0.0277 e. The van der Waals surface area contributed by atoms with Gasteiger partial charge >= 0.3 is 0 Å². The fourth-order valence-corrected chi connectivity index (χ4v) is 2.49. The fraction of sp³-hybridized carbons (Fsp3) is 1.00. The molecule has 0 aliphatic carbocycles. The summed E-state index contributed by atoms with van der Waals surface area (Å²) < 4.78 is 0. The van der Waals surface area contributed by atoms with Crippen molar-refractivity contribution in [1.82, 2.24) is 0 Å². The van der Waals surface area contributed by atoms with Crippen molar-refractivity contribution in [2.75, 3.05) is 0 Å². The molecule has 0 saturated heterocycles. The molecule has 0 bridgehead atoms. The van der Waals surface area contributed by atoms with Crippen molar-refractivity contribution in [3.8, 4) is 0 Å². The lowest BCUT2D eigenvalue weighted by Gasteiger charge is -2.37. The molecule has 0 fully saturated rings. The summed E-state index contributed by atoms with van der Waals surface area (Å²) in [5, 5.41) is 0. The molecule has 1 unspecified atom stereocenters. The Morgan fingerprint density at radius 2 is 1.54 bits per heavy atom. The van der Waals surface area contributed by atoms with Crippen molar-refractivity contribution < 1.29 is 0 Å². The van der Waals surface area contributed by atoms with Crippen LogP contribution < -0.4 is 0 Å². The van der Waals surface area contributed by atoms with Crippen molar-refractivity contribution in [3.63, 3.8) is 0 Å². The van der Waals surface area contributed by atoms with Crippen LogP contribution in [-0.2, 0) is 0 Å². The van der Waals surface area contributed by atoms with Crippen molar-refractivity contribution in [2.45, 2.75) is 73.1 Å². The van der Waals surface area contributed by atoms with E-state index in [-0.39, 0.29) is 0 Å². The van der Waals surface area contributed by atoms with E-state index in [0.717, 1.165) is 5.92 Å². The van der Waals surface area contributed by atoms with Gasteiger partial charge in [-0.25, -0.2) is 0 Å². The second kappa shape index (κ2) is 6.45. The first-order chi connectivity index (χ1) is 6.13. The van der Waals surface area contributed by atoms with Crippen LogP contribution in [0.25, 0.3) is 0 Å². The van der Waals surface area contributed by atoms with Crippen LogP contribution in [-0.4, -0.2) is 0 Å². The first-order valence-corrected chi connectivity index (χ1v) is 6.13. The van der Waals surface area contributed by atoms with E-state index in [4.69, 9.17) is 0 Å². The number of rotatable bonds is 7. The zero-order valence-electron chi connectivity index (χ0n) is 10.3. The molecule has 0 aromatic carbocycles. The number of hydrogen-bond acceptors (Lipinski definition) is 0. The van der Waals surface area contributed by atoms with Crippen LogP contribution in [0.4, 0.5) is 0 Å². The molecular weight excluding hydrogens is 156 g/mol. The summed E-state index contributed by atoms with van der Waals surface area (Å²) in [7, 11) is 0. The van der Waals surface area contributed by atoms with Gasteiger partial charge in [-0.3, -0.25) is 0 Å². The van der Waals surface area contributed by atoms with Gasteiger partial charge in [0.1, 0.15) is 0 Å². The molecule has 0 saturated carbocycles. The van der Waals surface area contributed by atoms with Crippen LogP contribution in [0.5, 0.6) is 0 Å². The molecule has 1 atom stereocenters. The SMILES string of the molecule is CCCCC(CC)(CCC)C(C)C. The summed E-state index contributed by atoms with van der Waals surface area (Å²) in [6.45, 7) is 11.8. The van der Waals surface area contributed by atoms with E-state index in [1.807, 2.05) is 0 Å². The molecular formula is C13H28. The lowest BCUT2D eigenvalue weighted by Crippen LogP contribution is -2.26. The maximum Gasteiger partial charge on any atom is -0.0277 e. The number of hydrogen-bond donors (Lipinski definition) is 0. The summed E-state index contributed by atoms with van der Waals surface area (Å²) in [6.07, 6.45) is 8.31. The molecule has 0 radical (unpaired) electrons. The molecule has 0 aliphatic heterocycles. The predicted molar refractivity (Wildman–Crippen MR) is 62.0 cm³/mol. The molecule has 0 N–H and O–H groups in total. The van der Waals surface area contributed by atoms with Gasteiger partial charge in [0.25, 0.3) is 0 Å². The normalized spacial score (nSPS) is 16.2. The molecule has 0 spiro atoms. The Labute approximate surface area is 85.1 Å². The van der Waals surface area contributed by atoms with Gasteiger partial charge in [0.05, 0.1) is 0 Å². The molecule has 0 aromatic heterocycles. The average molecular weight is 184 g/mol. The highest BCUT2D eigenvalue weighted by Gasteiger charge is 2.29. The van der Waals surface area contributed by atoms with Gasteiger partial charge in [-0.1, -0.05) is 60.3 Å². The molecule has 0 aliphatic rings. The topological polar surface area (TPSA) is 0 Å². The standard InChI is InChI=1S/C13H28/c1-6-9-11-13(8-3,10-7-2)12(4)5/h12H,6-11H2,1-5H3. The quantitative estimate of drug-likeness (QED) is 0.520. The largest absolute Gasteiger partial charge is 0.0654 e. The van der Waals surface area contributed by atoms with E-state index >= 15 is 0 Å². The predicted octanol–water partition coefficient (Wildman–Crippen LogP) is 5.03. The molecule has 0 nitrogen and oxygen atoms in total. The van der Waals surface area contributed by atoms with Gasteiger partial charge in [-0.05, 0) is 24.2 Å². The Hall–Kier alpha value is 0. The third-order valence-electron chi connectivity index (χ3n) is 3.70. The average Bonchev–Trinajstić information content (AvgIpc) is 2.12. The highest BCUT2D eigenvalue weighted by Crippen LogP contribution is 2.41. The molecule has 0 amide bonds. The van der Waals surface area contributed by atoms with E-state index in [0.29, 0.717) is 5.41 Å². The zero-order valence-corrected chi connectivity index (χ0v) is 10.3. The van der Waals surface area contributed by atoms with E-state index in [9.17, 15) is 0 Å². The minimum absolute atomic E-state index is 0.644. The third-order valence-corrected chi connectivity index (χ3v) is 3.70. The third kappa shape index (κ3) is 3.70. The zero-order chi connectivity index (χ0) is 10.3. The summed E-state index contributed by atoms with van der Waals surface area (Å²) in [5.74, 6) is 0.851. The minimum Gasteiger partial charge on any atom is -0.0654 e. The van der Waals surface area contributed by atoms with Crippen LogP contribution in [0, 0.1) is 11.3 Å². The Bertz CT molecular complexity index is 115. The van der Waals surface area contributed by atoms with Gasteiger partial charge in [0.2, 0.25) is 0 Å². The van der Waals surface area contributed by atoms with E-state index < -0.39 is 0 Å². The lowest BCUT2D eigenvalue weighted by molar-refractivity contribution is 0.140. The monoisotopic (exact) mass is 184 g/mol. The maximum atomic E-state index is 2.40. The highest BCUT2D eigenvalue weighted by atomic mass is 14.3. The van der Waals surface area contributed by atoms with Crippen molar-refractivity contribution in [2.24, 2.45) is 11.3 Å². The van der Waals surface area contributed by atoms with Gasteiger partial charge in [0.15, 0.2) is 0 Å². The minimum atomic E-state index is 0.644. The molecule has 80 valence electrons. The maximum absolute atomic E-state index is 2.40. The molecule has 0 heteroatoms. The van der Waals surface area contributed by atoms with Crippen LogP contribution in [0.15, 0.2) is 0 Å². The molecule has 0 heterocycles. The summed E-state index contributed by atoms with van der Waals surface area (Å²) in [4.78, 5) is 0. The van der Waals surface area contributed by atoms with Crippen molar-refractivity contribution >= 4 is 0 Å². The van der Waals surface area contributed by atoms with Crippen molar-refractivity contribution in [3.05, 3.63) is 0 Å². The Kier molecular flexibility index (Phi) is 6.45. The van der Waals surface area contributed by atoms with Crippen LogP contribution >= 0.6 is 0 Å². The van der Waals surface area contributed by atoms with Gasteiger partial charge < -0.3 is 0 Å². The Morgan fingerprint density at radius 1 is 0.923 bits per heavy atom. The highest BCUT2D eigenvalue weighted by molar-refractivity contribution is 4.80. The van der Waals surface area contributed by atoms with Crippen LogP contribution in [0.2, 0.25) is 0 Å². The Morgan fingerprint density at radius 3 is 1.85 bits per heavy atom. The van der Waals surface area contributed by atoms with Gasteiger partial charge in [-0.2, -0.15) is 0 Å². The first kappa shape index (κ1) is 13.0. The van der Waals surface area contributed by atoms with E-state index in [1.165, 1.54) is 38.5 Å². The summed E-state index contributed by atoms with van der Waals surface area (Å²) in [6, 6.07) is 0. The van der Waals surface area contributed by atoms with Gasteiger partial charge in [0, 0.05) is 0 Å². The summed E-state index contributed by atoms with van der Waals surface area (Å²) in [5.41, 5.74) is 0.644. The van der Waals surface area contributed by atoms with Crippen molar-refractivity contribution in [1.29, 1.82) is 0 Å². The second-order valence-electron chi connectivity index (χ2n) is 4.72. The summed E-state index contributed by atoms with van der Waals surface area (Å²) >= 11 is 0. The van der Waals surface area contributed by atoms with Gasteiger partial charge in [-0.15, -0.1) is 0 Å². The van der Waals surface area contributed by atoms with Crippen LogP contribution in [0.3, 0.4) is 0 Å².